The second kappa shape index (κ2) is 34.7. The number of aromatic nitrogens is 6. The van der Waals surface area contributed by atoms with Gasteiger partial charge in [-0.3, -0.25) is 41.6 Å². The lowest BCUT2D eigenvalue weighted by Gasteiger charge is -2.19. The number of thiophene rings is 1. The SMILES string of the molecule is O=C(CCCCCNC(=O)COc1ccc(/C=C/c2ccc(/C=C3/C=CC(c4cccs4)N3)n2B(F)F)cc1)NCCCn1cc(CCNC(=O)COc2ccc(CCCONc3ccn([C@@H]4O[C@H](COP(=O)(O)OP(=O)(O)OP(=O)(O)O)[C@@H](O)[C@H]4O)c(=O)n3)cc2)nn1. The van der Waals surface area contributed by atoms with E-state index in [2.05, 4.69) is 55.2 Å². The Kier molecular flexibility index (Phi) is 26.7. The Morgan fingerprint density at radius 2 is 1.48 bits per heavy atom. The number of rotatable bonds is 38. The van der Waals surface area contributed by atoms with Gasteiger partial charge in [-0.05, 0) is 115 Å². The number of benzene rings is 2. The molecule has 94 heavy (non-hydrogen) atoms. The highest BCUT2D eigenvalue weighted by Crippen LogP contribution is 2.66. The van der Waals surface area contributed by atoms with Crippen LogP contribution in [0.5, 0.6) is 11.5 Å². The highest BCUT2D eigenvalue weighted by molar-refractivity contribution is 7.66. The highest BCUT2D eigenvalue weighted by atomic mass is 32.1. The van der Waals surface area contributed by atoms with Gasteiger partial charge in [0.25, 0.3) is 11.8 Å². The molecule has 0 saturated carbocycles. The lowest BCUT2D eigenvalue weighted by molar-refractivity contribution is -0.123. The molecule has 2 aliphatic rings. The summed E-state index contributed by atoms with van der Waals surface area (Å²) in [4.78, 5) is 96.7. The Morgan fingerprint density at radius 1 is 0.777 bits per heavy atom. The fraction of sp³-hybridized carbons (Fsp3) is 0.375. The molecule has 7 atom stereocenters. The van der Waals surface area contributed by atoms with Crippen molar-refractivity contribution in [3.63, 3.8) is 0 Å². The molecule has 4 aromatic heterocycles. The van der Waals surface area contributed by atoms with E-state index in [9.17, 15) is 61.5 Å². The van der Waals surface area contributed by atoms with Crippen LogP contribution in [0.4, 0.5) is 14.4 Å². The third-order valence-electron chi connectivity index (χ3n) is 13.8. The summed E-state index contributed by atoms with van der Waals surface area (Å²) in [5.74, 6) is 0.243. The number of hydrogen-bond acceptors (Lipinski definition) is 22. The molecule has 2 aromatic carbocycles. The van der Waals surface area contributed by atoms with Crippen molar-refractivity contribution in [1.82, 2.24) is 50.3 Å². The largest absolute Gasteiger partial charge is 0.678 e. The first-order valence-corrected chi connectivity index (χ1v) is 34.6. The van der Waals surface area contributed by atoms with Crippen molar-refractivity contribution in [1.29, 1.82) is 0 Å². The van der Waals surface area contributed by atoms with Gasteiger partial charge in [0.1, 0.15) is 29.8 Å². The molecular formula is C56H69BF2N11O20P3S. The van der Waals surface area contributed by atoms with Crippen molar-refractivity contribution in [2.75, 3.05) is 51.5 Å². The summed E-state index contributed by atoms with van der Waals surface area (Å²) in [6.07, 6.45) is 9.63. The molecule has 38 heteroatoms. The van der Waals surface area contributed by atoms with Crippen LogP contribution in [0.25, 0.3) is 18.2 Å². The van der Waals surface area contributed by atoms with Crippen LogP contribution in [-0.4, -0.2) is 148 Å². The highest BCUT2D eigenvalue weighted by Gasteiger charge is 2.47. The van der Waals surface area contributed by atoms with Crippen LogP contribution in [0.1, 0.15) is 83.9 Å². The molecule has 8 rings (SSSR count). The maximum atomic E-state index is 14.2. The van der Waals surface area contributed by atoms with Gasteiger partial charge in [-0.15, -0.1) is 16.4 Å². The van der Waals surface area contributed by atoms with Gasteiger partial charge in [0, 0.05) is 73.4 Å². The van der Waals surface area contributed by atoms with Gasteiger partial charge in [-0.25, -0.2) is 24.0 Å². The summed E-state index contributed by atoms with van der Waals surface area (Å²) in [6.45, 7) is 0.414. The maximum absolute atomic E-state index is 14.2. The molecule has 0 radical (unpaired) electrons. The number of phosphoric ester groups is 1. The summed E-state index contributed by atoms with van der Waals surface area (Å²) >= 11 is 1.62. The Bertz CT molecular complexity index is 3790. The summed E-state index contributed by atoms with van der Waals surface area (Å²) in [7, 11) is -19.8. The topological polar surface area (TPSA) is 419 Å². The number of carbonyl (C=O) groups is 3. The second-order valence-electron chi connectivity index (χ2n) is 21.0. The van der Waals surface area contributed by atoms with Gasteiger partial charge < -0.3 is 69.7 Å². The molecule has 3 amide bonds. The molecular weight excluding hydrogens is 1320 g/mol. The number of unbranched alkanes of at least 4 members (excludes halogenated alkanes) is 2. The Balaban J connectivity index is 0.605. The zero-order valence-corrected chi connectivity index (χ0v) is 53.5. The number of halogens is 2. The molecule has 6 aromatic rings. The molecule has 2 aliphatic heterocycles. The van der Waals surface area contributed by atoms with E-state index in [0.717, 1.165) is 43.4 Å². The molecule has 506 valence electrons. The first kappa shape index (κ1) is 72.3. The molecule has 0 bridgehead atoms. The molecule has 1 fully saturated rings. The Morgan fingerprint density at radius 3 is 2.18 bits per heavy atom. The normalized spacial score (nSPS) is 18.8. The monoisotopic (exact) mass is 1390 g/mol. The van der Waals surface area contributed by atoms with Gasteiger partial charge >= 0.3 is 36.6 Å². The van der Waals surface area contributed by atoms with E-state index in [0.29, 0.717) is 99.7 Å². The minimum atomic E-state index is -5.81. The van der Waals surface area contributed by atoms with Gasteiger partial charge in [0.15, 0.2) is 25.3 Å². The minimum absolute atomic E-state index is 0.0116. The number of aliphatic hydroxyl groups excluding tert-OH is 2. The van der Waals surface area contributed by atoms with Crippen LogP contribution < -0.4 is 41.9 Å². The predicted octanol–water partition coefficient (Wildman–Crippen LogP) is 4.82. The second-order valence-corrected chi connectivity index (χ2v) is 26.4. The number of carbonyl (C=O) groups excluding carboxylic acids is 3. The van der Waals surface area contributed by atoms with E-state index >= 15 is 0 Å². The fourth-order valence-corrected chi connectivity index (χ4v) is 13.1. The van der Waals surface area contributed by atoms with Crippen LogP contribution in [0, 0.1) is 0 Å². The van der Waals surface area contributed by atoms with Gasteiger partial charge in [-0.1, -0.05) is 54.1 Å². The van der Waals surface area contributed by atoms with Crippen LogP contribution in [0.2, 0.25) is 0 Å². The smallest absolute Gasteiger partial charge is 0.484 e. The van der Waals surface area contributed by atoms with Gasteiger partial charge in [-0.2, -0.15) is 13.6 Å². The first-order chi connectivity index (χ1) is 44.9. The molecule has 6 heterocycles. The van der Waals surface area contributed by atoms with E-state index in [1.807, 2.05) is 41.8 Å². The average Bonchev–Trinajstić information content (AvgIpc) is 1.64. The summed E-state index contributed by atoms with van der Waals surface area (Å²) in [5, 5.41) is 43.0. The van der Waals surface area contributed by atoms with Crippen LogP contribution in [-0.2, 0) is 70.2 Å². The lowest BCUT2D eigenvalue weighted by atomic mass is 10.1. The van der Waals surface area contributed by atoms with E-state index in [1.54, 1.807) is 89.0 Å². The van der Waals surface area contributed by atoms with Gasteiger partial charge in [0.05, 0.1) is 24.9 Å². The van der Waals surface area contributed by atoms with Crippen LogP contribution in [0.3, 0.4) is 0 Å². The van der Waals surface area contributed by atoms with Crippen molar-refractivity contribution < 1.29 is 98.7 Å². The average molecular weight is 1390 g/mol. The van der Waals surface area contributed by atoms with Gasteiger partial charge in [0.2, 0.25) is 5.91 Å². The molecule has 31 nitrogen and oxygen atoms in total. The van der Waals surface area contributed by atoms with Crippen molar-refractivity contribution in [3.05, 3.63) is 158 Å². The van der Waals surface area contributed by atoms with Crippen molar-refractivity contribution in [2.45, 2.75) is 88.5 Å². The summed E-state index contributed by atoms with van der Waals surface area (Å²) in [6, 6.07) is 22.6. The van der Waals surface area contributed by atoms with Crippen LogP contribution in [0.15, 0.2) is 119 Å². The first-order valence-electron chi connectivity index (χ1n) is 29.2. The number of aryl methyl sites for hydroxylation is 2. The molecule has 11 N–H and O–H groups in total. The van der Waals surface area contributed by atoms with Crippen LogP contribution >= 0.6 is 34.8 Å². The standard InChI is InChI=1S/C56H69BF2N11O20P3S/c58-57(59)70-42(17-18-43(70)33-40-15-23-46(63-40)48-8-5-32-94-48)16-10-39-13-21-45(22-14-39)84-36-51(72)61-26-3-1-2-9-50(71)60-27-6-29-68-34-41(65-67-68)24-28-62-52(73)37-85-44-19-11-38(12-20-44)7-4-31-86-66-49-25-30-69(56(76)64-49)55-54(75)53(74)47(88-55)35-87-92(80,81)90-93(82,83)89-91(77,78)79/h5,8,10-23,25,30,32-34,46-47,53-55,63,74-75H,1-4,6-7,9,24,26-29,31,35-37H2,(H,60,71)(H,61,72)(H,62,73)(H,80,81)(H,82,83)(H,64,66,76)(H2,77,78,79)/b16-10+,40-33-/t46?,47-,53-,54-,55-/m1/s1. The quantitative estimate of drug-likeness (QED) is 0.0107. The number of anilines is 1. The fourth-order valence-electron chi connectivity index (χ4n) is 9.30. The van der Waals surface area contributed by atoms with E-state index < -0.39 is 67.7 Å². The summed E-state index contributed by atoms with van der Waals surface area (Å²) in [5.41, 5.74) is 5.38. The maximum Gasteiger partial charge on any atom is 0.678 e. The number of allylic oxidation sites excluding steroid dienone is 1. The number of amides is 3. The van der Waals surface area contributed by atoms with E-state index in [-0.39, 0.29) is 49.4 Å². The van der Waals surface area contributed by atoms with Crippen molar-refractivity contribution >= 4 is 84.0 Å². The Labute approximate surface area is 540 Å². The Hall–Kier alpha value is -7.56. The number of hydrogen-bond donors (Lipinski definition) is 11. The lowest BCUT2D eigenvalue weighted by Crippen LogP contribution is -2.36. The number of aliphatic hydroxyl groups is 2. The molecule has 0 spiro atoms. The zero-order valence-electron chi connectivity index (χ0n) is 50.0. The predicted molar refractivity (Wildman–Crippen MR) is 336 cm³/mol. The number of ether oxygens (including phenoxy) is 3. The number of phosphoric acid groups is 3. The van der Waals surface area contributed by atoms with Crippen molar-refractivity contribution in [2.24, 2.45) is 0 Å². The van der Waals surface area contributed by atoms with E-state index in [1.165, 1.54) is 6.07 Å². The summed E-state index contributed by atoms with van der Waals surface area (Å²) < 4.78 is 94.6. The van der Waals surface area contributed by atoms with Crippen molar-refractivity contribution in [3.8, 4) is 11.5 Å². The zero-order chi connectivity index (χ0) is 67.3. The molecule has 1 saturated heterocycles. The minimum Gasteiger partial charge on any atom is -0.484 e. The third kappa shape index (κ3) is 23.4. The molecule has 0 aliphatic carbocycles. The third-order valence-corrected chi connectivity index (χ3v) is 18.6. The number of nitrogens with one attached hydrogen (secondary N) is 5. The number of nitrogens with zero attached hydrogens (tertiary/aromatic N) is 6. The van der Waals surface area contributed by atoms with E-state index in [4.69, 9.17) is 28.8 Å². The molecule has 3 unspecified atom stereocenters.